The third-order valence-electron chi connectivity index (χ3n) is 5.11. The van der Waals surface area contributed by atoms with Crippen molar-refractivity contribution >= 4 is 0 Å². The van der Waals surface area contributed by atoms with Gasteiger partial charge < -0.3 is 14.6 Å². The number of imidazole rings is 1. The average molecular weight is 365 g/mol. The largest absolute Gasteiger partial charge is 0.369 e. The zero-order chi connectivity index (χ0) is 18.5. The van der Waals surface area contributed by atoms with Gasteiger partial charge in [-0.2, -0.15) is 5.10 Å². The molecule has 2 atom stereocenters. The van der Waals surface area contributed by atoms with Gasteiger partial charge in [-0.25, -0.2) is 4.98 Å². The number of benzene rings is 1. The van der Waals surface area contributed by atoms with Gasteiger partial charge in [-0.1, -0.05) is 30.3 Å². The summed E-state index contributed by atoms with van der Waals surface area (Å²) >= 11 is 0. The third-order valence-corrected chi connectivity index (χ3v) is 5.11. The lowest BCUT2D eigenvalue weighted by molar-refractivity contribution is -0.0182. The zero-order valence-electron chi connectivity index (χ0n) is 15.8. The third kappa shape index (κ3) is 4.28. The van der Waals surface area contributed by atoms with Crippen LogP contribution < -0.4 is 5.32 Å². The second kappa shape index (κ2) is 8.50. The molecule has 4 rings (SSSR count). The molecule has 3 aromatic rings. The molecule has 1 aliphatic heterocycles. The molecule has 2 aromatic heterocycles. The number of rotatable bonds is 7. The van der Waals surface area contributed by atoms with E-state index >= 15 is 0 Å². The number of nitrogens with zero attached hydrogens (tertiary/aromatic N) is 4. The Labute approximate surface area is 160 Å². The van der Waals surface area contributed by atoms with Crippen LogP contribution in [-0.2, 0) is 24.4 Å². The van der Waals surface area contributed by atoms with Gasteiger partial charge in [0.25, 0.3) is 0 Å². The quantitative estimate of drug-likeness (QED) is 0.699. The van der Waals surface area contributed by atoms with Crippen LogP contribution in [0.15, 0.2) is 55.1 Å². The van der Waals surface area contributed by atoms with Gasteiger partial charge in [-0.3, -0.25) is 4.68 Å². The fraction of sp³-hybridized carbons (Fsp3) is 0.429. The van der Waals surface area contributed by atoms with Crippen molar-refractivity contribution in [2.75, 3.05) is 6.61 Å². The Morgan fingerprint density at radius 3 is 2.96 bits per heavy atom. The smallest absolute Gasteiger partial charge is 0.139 e. The highest BCUT2D eigenvalue weighted by molar-refractivity contribution is 5.15. The molecule has 0 bridgehead atoms. The Morgan fingerprint density at radius 2 is 2.11 bits per heavy atom. The highest BCUT2D eigenvalue weighted by atomic mass is 16.5. The highest BCUT2D eigenvalue weighted by Gasteiger charge is 2.30. The molecule has 0 aliphatic carbocycles. The molecule has 142 valence electrons. The first-order chi connectivity index (χ1) is 13.3. The lowest BCUT2D eigenvalue weighted by Crippen LogP contribution is -2.40. The van der Waals surface area contributed by atoms with Gasteiger partial charge >= 0.3 is 0 Å². The molecule has 0 unspecified atom stereocenters. The minimum absolute atomic E-state index is 0.00747. The van der Waals surface area contributed by atoms with Crippen molar-refractivity contribution in [2.24, 2.45) is 0 Å². The van der Waals surface area contributed by atoms with Crippen molar-refractivity contribution in [1.29, 1.82) is 0 Å². The van der Waals surface area contributed by atoms with Crippen LogP contribution in [0.1, 0.15) is 42.8 Å². The van der Waals surface area contributed by atoms with E-state index in [4.69, 9.17) is 4.74 Å². The van der Waals surface area contributed by atoms with Crippen LogP contribution in [0.5, 0.6) is 0 Å². The summed E-state index contributed by atoms with van der Waals surface area (Å²) in [5.74, 6) is 1.02. The predicted molar refractivity (Wildman–Crippen MR) is 104 cm³/mol. The minimum Gasteiger partial charge on any atom is -0.369 e. The van der Waals surface area contributed by atoms with E-state index in [0.717, 1.165) is 44.9 Å². The standard InChI is InChI=1S/C21H27N5O/c1-2-25-11-10-22-21(25)20-19(9-6-12-27-20)23-13-18-14-24-26(16-18)15-17-7-4-3-5-8-17/h3-5,7-8,10-11,14,16,19-20,23H,2,6,9,12-13,15H2,1H3/t19-,20-/m0/s1. The molecule has 1 aromatic carbocycles. The monoisotopic (exact) mass is 365 g/mol. The summed E-state index contributed by atoms with van der Waals surface area (Å²) in [7, 11) is 0. The molecule has 0 saturated carbocycles. The van der Waals surface area contributed by atoms with Crippen LogP contribution in [0.4, 0.5) is 0 Å². The summed E-state index contributed by atoms with van der Waals surface area (Å²) in [6.45, 7) is 5.43. The van der Waals surface area contributed by atoms with E-state index in [9.17, 15) is 0 Å². The van der Waals surface area contributed by atoms with Crippen LogP contribution >= 0.6 is 0 Å². The first kappa shape index (κ1) is 17.9. The number of aryl methyl sites for hydroxylation is 1. The zero-order valence-corrected chi connectivity index (χ0v) is 15.8. The van der Waals surface area contributed by atoms with E-state index in [-0.39, 0.29) is 12.1 Å². The molecule has 0 radical (unpaired) electrons. The van der Waals surface area contributed by atoms with Crippen molar-refractivity contribution in [3.05, 3.63) is 72.1 Å². The molecule has 0 amide bonds. The van der Waals surface area contributed by atoms with Gasteiger partial charge in [0.15, 0.2) is 0 Å². The van der Waals surface area contributed by atoms with E-state index in [2.05, 4.69) is 57.4 Å². The van der Waals surface area contributed by atoms with Crippen LogP contribution in [0.3, 0.4) is 0 Å². The molecule has 0 spiro atoms. The van der Waals surface area contributed by atoms with Crippen molar-refractivity contribution in [3.8, 4) is 0 Å². The average Bonchev–Trinajstić information content (AvgIpc) is 3.36. The van der Waals surface area contributed by atoms with Crippen molar-refractivity contribution in [2.45, 2.75) is 51.5 Å². The first-order valence-electron chi connectivity index (χ1n) is 9.74. The molecule has 1 saturated heterocycles. The van der Waals surface area contributed by atoms with E-state index in [0.29, 0.717) is 0 Å². The van der Waals surface area contributed by atoms with Gasteiger partial charge in [0.1, 0.15) is 11.9 Å². The maximum Gasteiger partial charge on any atom is 0.139 e. The summed E-state index contributed by atoms with van der Waals surface area (Å²) < 4.78 is 10.2. The van der Waals surface area contributed by atoms with Gasteiger partial charge in [-0.15, -0.1) is 0 Å². The predicted octanol–water partition coefficient (Wildman–Crippen LogP) is 3.16. The van der Waals surface area contributed by atoms with Crippen molar-refractivity contribution in [3.63, 3.8) is 0 Å². The molecular formula is C21H27N5O. The first-order valence-corrected chi connectivity index (χ1v) is 9.74. The summed E-state index contributed by atoms with van der Waals surface area (Å²) in [5.41, 5.74) is 2.45. The summed E-state index contributed by atoms with van der Waals surface area (Å²) in [6, 6.07) is 10.7. The molecular weight excluding hydrogens is 338 g/mol. The fourth-order valence-corrected chi connectivity index (χ4v) is 3.69. The minimum atomic E-state index is 0.00747. The fourth-order valence-electron chi connectivity index (χ4n) is 3.69. The summed E-state index contributed by atoms with van der Waals surface area (Å²) in [5, 5.41) is 8.17. The van der Waals surface area contributed by atoms with Crippen molar-refractivity contribution < 1.29 is 4.74 Å². The SMILES string of the molecule is CCn1ccnc1[C@H]1OCCC[C@@H]1NCc1cnn(Cc2ccccc2)c1. The van der Waals surface area contributed by atoms with Crippen LogP contribution in [0.25, 0.3) is 0 Å². The molecule has 1 aliphatic rings. The molecule has 1 fully saturated rings. The van der Waals surface area contributed by atoms with Gasteiger partial charge in [0, 0.05) is 49.9 Å². The van der Waals surface area contributed by atoms with Crippen LogP contribution in [0, 0.1) is 0 Å². The normalized spacial score (nSPS) is 20.0. The van der Waals surface area contributed by atoms with Crippen molar-refractivity contribution in [1.82, 2.24) is 24.6 Å². The summed E-state index contributed by atoms with van der Waals surface area (Å²) in [4.78, 5) is 4.55. The number of hydrogen-bond donors (Lipinski definition) is 1. The lowest BCUT2D eigenvalue weighted by Gasteiger charge is -2.32. The topological polar surface area (TPSA) is 56.9 Å². The number of nitrogens with one attached hydrogen (secondary N) is 1. The van der Waals surface area contributed by atoms with E-state index in [1.165, 1.54) is 11.1 Å². The van der Waals surface area contributed by atoms with E-state index in [1.807, 2.05) is 29.3 Å². The van der Waals surface area contributed by atoms with Gasteiger partial charge in [0.2, 0.25) is 0 Å². The second-order valence-corrected chi connectivity index (χ2v) is 7.02. The number of hydrogen-bond acceptors (Lipinski definition) is 4. The summed E-state index contributed by atoms with van der Waals surface area (Å²) in [6.07, 6.45) is 10.1. The Balaban J connectivity index is 1.38. The Hall–Kier alpha value is -2.44. The molecule has 27 heavy (non-hydrogen) atoms. The Morgan fingerprint density at radius 1 is 1.22 bits per heavy atom. The van der Waals surface area contributed by atoms with E-state index in [1.54, 1.807) is 0 Å². The molecule has 6 heteroatoms. The highest BCUT2D eigenvalue weighted by Crippen LogP contribution is 2.27. The molecule has 1 N–H and O–H groups in total. The number of aromatic nitrogens is 4. The lowest BCUT2D eigenvalue weighted by atomic mass is 10.0. The van der Waals surface area contributed by atoms with Crippen LogP contribution in [0.2, 0.25) is 0 Å². The van der Waals surface area contributed by atoms with Gasteiger partial charge in [-0.05, 0) is 25.3 Å². The van der Waals surface area contributed by atoms with Gasteiger partial charge in [0.05, 0.1) is 12.7 Å². The maximum absolute atomic E-state index is 6.08. The van der Waals surface area contributed by atoms with E-state index < -0.39 is 0 Å². The Kier molecular flexibility index (Phi) is 5.65. The van der Waals surface area contributed by atoms with Crippen LogP contribution in [-0.4, -0.2) is 32.0 Å². The Bertz CT molecular complexity index is 841. The maximum atomic E-state index is 6.08. The molecule has 6 nitrogen and oxygen atoms in total. The second-order valence-electron chi connectivity index (χ2n) is 7.02. The molecule has 3 heterocycles. The number of ether oxygens (including phenoxy) is 1.